The van der Waals surface area contributed by atoms with Crippen molar-refractivity contribution in [3.63, 3.8) is 0 Å². The predicted octanol–water partition coefficient (Wildman–Crippen LogP) is -2.03. The fraction of sp³-hybridized carbons (Fsp3) is 0.976. The Morgan fingerprint density at radius 2 is 1.38 bits per heavy atom. The number of carbonyl (C=O) groups is 1. The van der Waals surface area contributed by atoms with Gasteiger partial charge in [0, 0.05) is 18.4 Å². The fourth-order valence-electron chi connectivity index (χ4n) is 14.0. The lowest BCUT2D eigenvalue weighted by Crippen LogP contribution is -2.66. The van der Waals surface area contributed by atoms with Crippen molar-refractivity contribution in [3.05, 3.63) is 0 Å². The Morgan fingerprint density at radius 1 is 0.689 bits per heavy atom. The molecule has 0 amide bonds. The van der Waals surface area contributed by atoms with Gasteiger partial charge in [-0.05, 0) is 87.9 Å². The molecule has 5 heterocycles. The third-order valence-corrected chi connectivity index (χ3v) is 17.3. The highest BCUT2D eigenvalue weighted by Crippen LogP contribution is 2.73. The first kappa shape index (κ1) is 45.0. The Hall–Kier alpha value is -1.21. The minimum absolute atomic E-state index is 0.00811. The third kappa shape index (κ3) is 6.98. The Labute approximate surface area is 354 Å². The SMILES string of the molecule is COC1C(O)C(OC2CCC3(C)C(CCC4C3CCC35COC6(COC(=O)C6)C3CCC45O)C2)OC(C)C1OC1OC(CO)C(OC2OC(CO)C(O)C(O)C2O)C(O)C1O. The van der Waals surface area contributed by atoms with Gasteiger partial charge in [-0.2, -0.15) is 0 Å². The molecule has 5 saturated heterocycles. The molecule has 0 aromatic carbocycles. The van der Waals surface area contributed by atoms with Gasteiger partial charge >= 0.3 is 5.97 Å². The molecule has 5 aliphatic heterocycles. The van der Waals surface area contributed by atoms with Crippen molar-refractivity contribution in [2.45, 2.75) is 187 Å². The molecular formula is C42H66O19. The molecule has 19 nitrogen and oxygen atoms in total. The van der Waals surface area contributed by atoms with Gasteiger partial charge in [-0.1, -0.05) is 6.92 Å². The second-order valence-electron chi connectivity index (χ2n) is 19.9. The lowest BCUT2D eigenvalue weighted by atomic mass is 9.43. The first-order valence-electron chi connectivity index (χ1n) is 22.3. The summed E-state index contributed by atoms with van der Waals surface area (Å²) in [6, 6.07) is 0. The fourth-order valence-corrected chi connectivity index (χ4v) is 14.0. The Balaban J connectivity index is 0.814. The number of hydrogen-bond acceptors (Lipinski definition) is 19. The second-order valence-corrected chi connectivity index (χ2v) is 19.9. The summed E-state index contributed by atoms with van der Waals surface area (Å²) < 4.78 is 53.4. The molecule has 0 aromatic heterocycles. The minimum Gasteiger partial charge on any atom is -0.462 e. The molecule has 4 aliphatic carbocycles. The molecule has 4 saturated carbocycles. The number of fused-ring (bicyclic) bond motifs is 5. The summed E-state index contributed by atoms with van der Waals surface area (Å²) >= 11 is 0. The van der Waals surface area contributed by atoms with Gasteiger partial charge in [0.1, 0.15) is 79.4 Å². The number of rotatable bonds is 9. The van der Waals surface area contributed by atoms with E-state index in [1.807, 2.05) is 0 Å². The number of aliphatic hydroxyl groups is 9. The van der Waals surface area contributed by atoms with Gasteiger partial charge < -0.3 is 88.6 Å². The van der Waals surface area contributed by atoms with Crippen LogP contribution in [-0.4, -0.2) is 195 Å². The zero-order valence-corrected chi connectivity index (χ0v) is 35.1. The average Bonchev–Trinajstić information content (AvgIpc) is 3.89. The van der Waals surface area contributed by atoms with Crippen LogP contribution in [0.4, 0.5) is 0 Å². The van der Waals surface area contributed by atoms with E-state index >= 15 is 0 Å². The molecule has 348 valence electrons. The third-order valence-electron chi connectivity index (χ3n) is 17.3. The summed E-state index contributed by atoms with van der Waals surface area (Å²) in [6.45, 7) is 3.38. The summed E-state index contributed by atoms with van der Waals surface area (Å²) in [5, 5.41) is 97.2. The van der Waals surface area contributed by atoms with E-state index in [1.54, 1.807) is 6.92 Å². The van der Waals surface area contributed by atoms with Crippen molar-refractivity contribution in [3.8, 4) is 0 Å². The summed E-state index contributed by atoms with van der Waals surface area (Å²) in [5.74, 6) is 0.717. The van der Waals surface area contributed by atoms with Crippen LogP contribution in [-0.2, 0) is 47.4 Å². The molecule has 24 unspecified atom stereocenters. The van der Waals surface area contributed by atoms with Crippen LogP contribution in [0.3, 0.4) is 0 Å². The number of cyclic esters (lactones) is 1. The molecule has 0 bridgehead atoms. The van der Waals surface area contributed by atoms with E-state index in [2.05, 4.69) is 6.92 Å². The molecule has 24 atom stereocenters. The van der Waals surface area contributed by atoms with Crippen LogP contribution >= 0.6 is 0 Å². The van der Waals surface area contributed by atoms with E-state index in [1.165, 1.54) is 7.11 Å². The minimum atomic E-state index is -1.81. The number of methoxy groups -OCH3 is 1. The molecule has 0 aromatic rings. The number of hydrogen-bond donors (Lipinski definition) is 9. The highest BCUT2D eigenvalue weighted by molar-refractivity contribution is 5.73. The van der Waals surface area contributed by atoms with Gasteiger partial charge in [0.25, 0.3) is 0 Å². The zero-order chi connectivity index (χ0) is 43.4. The Kier molecular flexibility index (Phi) is 12.2. The van der Waals surface area contributed by atoms with Crippen molar-refractivity contribution >= 4 is 5.97 Å². The first-order valence-corrected chi connectivity index (χ1v) is 22.3. The quantitative estimate of drug-likeness (QED) is 0.0892. The van der Waals surface area contributed by atoms with Gasteiger partial charge in [0.05, 0.1) is 44.1 Å². The van der Waals surface area contributed by atoms with Crippen molar-refractivity contribution < 1.29 is 93.4 Å². The summed E-state index contributed by atoms with van der Waals surface area (Å²) in [5.41, 5.74) is -1.82. The van der Waals surface area contributed by atoms with Crippen LogP contribution in [0.15, 0.2) is 0 Å². The molecule has 9 N–H and O–H groups in total. The zero-order valence-electron chi connectivity index (χ0n) is 35.1. The largest absolute Gasteiger partial charge is 0.462 e. The standard InChI is InChI=1S/C42H66O19/c1-18-33(60-37-31(50)29(48)34(24(15-44)59-37)61-36-30(49)28(47)27(46)23(14-43)58-36)35(53-3)32(51)38(56-18)57-20-6-9-39(2)19(12-20)4-5-22-21(39)7-10-40-16-55-41(13-26(45)54-17-41)25(40)8-11-42(22,40)52/h18-25,27-38,43-44,46-52H,4-17H2,1-3H3. The summed E-state index contributed by atoms with van der Waals surface area (Å²) in [6.07, 6.45) is -13.7. The monoisotopic (exact) mass is 874 g/mol. The number of ether oxygens (including phenoxy) is 9. The molecule has 2 spiro atoms. The summed E-state index contributed by atoms with van der Waals surface area (Å²) in [7, 11) is 1.39. The lowest BCUT2D eigenvalue weighted by molar-refractivity contribution is -0.380. The highest BCUT2D eigenvalue weighted by atomic mass is 16.8. The predicted molar refractivity (Wildman–Crippen MR) is 203 cm³/mol. The molecule has 9 fully saturated rings. The molecular weight excluding hydrogens is 808 g/mol. The van der Waals surface area contributed by atoms with Crippen LogP contribution in [0.5, 0.6) is 0 Å². The van der Waals surface area contributed by atoms with Crippen molar-refractivity contribution in [2.24, 2.45) is 34.5 Å². The second kappa shape index (κ2) is 16.6. The van der Waals surface area contributed by atoms with E-state index < -0.39 is 117 Å². The number of esters is 1. The lowest BCUT2D eigenvalue weighted by Gasteiger charge is -2.63. The van der Waals surface area contributed by atoms with Crippen LogP contribution < -0.4 is 0 Å². The average molecular weight is 875 g/mol. The smallest absolute Gasteiger partial charge is 0.308 e. The van der Waals surface area contributed by atoms with Crippen LogP contribution in [0.2, 0.25) is 0 Å². The number of carbonyl (C=O) groups excluding carboxylic acids is 1. The topological polar surface area (TPSA) is 282 Å². The van der Waals surface area contributed by atoms with Crippen molar-refractivity contribution in [1.82, 2.24) is 0 Å². The number of aliphatic hydroxyl groups excluding tert-OH is 8. The van der Waals surface area contributed by atoms with E-state index in [-0.39, 0.29) is 47.8 Å². The normalized spacial score (nSPS) is 57.0. The Morgan fingerprint density at radius 3 is 2.07 bits per heavy atom. The molecule has 9 aliphatic rings. The van der Waals surface area contributed by atoms with Crippen LogP contribution in [0.25, 0.3) is 0 Å². The van der Waals surface area contributed by atoms with Crippen molar-refractivity contribution in [2.75, 3.05) is 33.5 Å². The maximum atomic E-state index is 12.8. The maximum Gasteiger partial charge on any atom is 0.308 e. The first-order chi connectivity index (χ1) is 29.0. The molecule has 0 radical (unpaired) electrons. The van der Waals surface area contributed by atoms with Crippen molar-refractivity contribution in [1.29, 1.82) is 0 Å². The van der Waals surface area contributed by atoms with E-state index in [0.717, 1.165) is 57.8 Å². The summed E-state index contributed by atoms with van der Waals surface area (Å²) in [4.78, 5) is 12.2. The maximum absolute atomic E-state index is 12.8. The molecule has 9 rings (SSSR count). The van der Waals surface area contributed by atoms with Crippen LogP contribution in [0, 0.1) is 34.5 Å². The van der Waals surface area contributed by atoms with Crippen LogP contribution in [0.1, 0.15) is 78.1 Å². The van der Waals surface area contributed by atoms with Gasteiger partial charge in [-0.25, -0.2) is 0 Å². The molecule has 61 heavy (non-hydrogen) atoms. The van der Waals surface area contributed by atoms with Gasteiger partial charge in [-0.3, -0.25) is 4.79 Å². The van der Waals surface area contributed by atoms with E-state index in [0.29, 0.717) is 18.4 Å². The highest BCUT2D eigenvalue weighted by Gasteiger charge is 2.76. The van der Waals surface area contributed by atoms with Gasteiger partial charge in [0.15, 0.2) is 18.9 Å². The van der Waals surface area contributed by atoms with E-state index in [9.17, 15) is 50.8 Å². The molecule has 19 heteroatoms. The van der Waals surface area contributed by atoms with Gasteiger partial charge in [0.2, 0.25) is 0 Å². The Bertz CT molecular complexity index is 1590. The van der Waals surface area contributed by atoms with E-state index in [4.69, 9.17) is 42.6 Å². The van der Waals surface area contributed by atoms with Gasteiger partial charge in [-0.15, -0.1) is 0 Å².